The molecule has 4 N–H and O–H groups in total. The SMILES string of the molecule is CC(C)=CCC1=C(O[C@H]2O[C@@H](CO)[C@@H](O)[C@@H](O)[C@H]2O)C(=O)c2ccccc2C1=O. The molecule has 5 atom stereocenters. The fourth-order valence-electron chi connectivity index (χ4n) is 3.30. The number of ketones is 2. The molecule has 156 valence electrons. The second-order valence-corrected chi connectivity index (χ2v) is 7.31. The monoisotopic (exact) mass is 404 g/mol. The third-order valence-corrected chi connectivity index (χ3v) is 4.97. The van der Waals surface area contributed by atoms with E-state index in [4.69, 9.17) is 9.47 Å². The highest BCUT2D eigenvalue weighted by Gasteiger charge is 2.46. The van der Waals surface area contributed by atoms with Crippen molar-refractivity contribution in [1.82, 2.24) is 0 Å². The van der Waals surface area contributed by atoms with Crippen LogP contribution in [0.5, 0.6) is 0 Å². The molecular weight excluding hydrogens is 380 g/mol. The zero-order valence-corrected chi connectivity index (χ0v) is 16.1. The third kappa shape index (κ3) is 4.03. The van der Waals surface area contributed by atoms with Gasteiger partial charge in [-0.15, -0.1) is 0 Å². The summed E-state index contributed by atoms with van der Waals surface area (Å²) in [6, 6.07) is 6.34. The number of ether oxygens (including phenoxy) is 2. The van der Waals surface area contributed by atoms with Crippen LogP contribution in [0.25, 0.3) is 0 Å². The van der Waals surface area contributed by atoms with Crippen molar-refractivity contribution in [2.45, 2.75) is 51.0 Å². The maximum absolute atomic E-state index is 13.0. The highest BCUT2D eigenvalue weighted by molar-refractivity contribution is 6.26. The van der Waals surface area contributed by atoms with E-state index in [9.17, 15) is 30.0 Å². The van der Waals surface area contributed by atoms with Crippen molar-refractivity contribution in [3.05, 3.63) is 58.4 Å². The average Bonchev–Trinajstić information content (AvgIpc) is 2.71. The van der Waals surface area contributed by atoms with Gasteiger partial charge < -0.3 is 29.9 Å². The van der Waals surface area contributed by atoms with Gasteiger partial charge in [-0.25, -0.2) is 0 Å². The van der Waals surface area contributed by atoms with Crippen molar-refractivity contribution in [2.75, 3.05) is 6.61 Å². The molecule has 0 spiro atoms. The van der Waals surface area contributed by atoms with Crippen LogP contribution in [-0.4, -0.2) is 69.3 Å². The standard InChI is InChI=1S/C21H24O8/c1-10(2)7-8-13-15(23)11-5-3-4-6-12(11)16(24)20(13)29-21-19(27)18(26)17(25)14(9-22)28-21/h3-7,14,17-19,21-22,25-27H,8-9H2,1-2H3/t14-,17+,18+,19+,21+/m0/s1. The van der Waals surface area contributed by atoms with Gasteiger partial charge in [-0.05, 0) is 20.3 Å². The highest BCUT2D eigenvalue weighted by atomic mass is 16.7. The Morgan fingerprint density at radius 2 is 1.66 bits per heavy atom. The average molecular weight is 404 g/mol. The Morgan fingerprint density at radius 1 is 1.03 bits per heavy atom. The second kappa shape index (κ2) is 8.56. The molecule has 0 aromatic heterocycles. The van der Waals surface area contributed by atoms with E-state index in [1.54, 1.807) is 24.3 Å². The second-order valence-electron chi connectivity index (χ2n) is 7.31. The number of hydrogen-bond acceptors (Lipinski definition) is 8. The van der Waals surface area contributed by atoms with Gasteiger partial charge in [0.1, 0.15) is 24.4 Å². The Kier molecular flexibility index (Phi) is 6.30. The minimum atomic E-state index is -1.69. The van der Waals surface area contributed by atoms with Crippen LogP contribution in [0.1, 0.15) is 41.0 Å². The fraction of sp³-hybridized carbons (Fsp3) is 0.429. The molecule has 0 radical (unpaired) electrons. The Balaban J connectivity index is 2.00. The zero-order chi connectivity index (χ0) is 21.3. The normalized spacial score (nSPS) is 29.5. The minimum absolute atomic E-state index is 0.104. The van der Waals surface area contributed by atoms with Crippen LogP contribution < -0.4 is 0 Å². The molecule has 1 aromatic rings. The summed E-state index contributed by atoms with van der Waals surface area (Å²) in [7, 11) is 0. The van der Waals surface area contributed by atoms with Gasteiger partial charge in [0.2, 0.25) is 12.1 Å². The molecule has 3 rings (SSSR count). The van der Waals surface area contributed by atoms with E-state index in [1.807, 2.05) is 13.8 Å². The fourth-order valence-corrected chi connectivity index (χ4v) is 3.30. The highest BCUT2D eigenvalue weighted by Crippen LogP contribution is 2.32. The summed E-state index contributed by atoms with van der Waals surface area (Å²) in [6.07, 6.45) is -5.75. The first-order valence-corrected chi connectivity index (χ1v) is 9.28. The number of Topliss-reactive ketones (excluding diaryl/α,β-unsaturated/α-hetero) is 2. The summed E-state index contributed by atoms with van der Waals surface area (Å²) >= 11 is 0. The number of carbonyl (C=O) groups is 2. The van der Waals surface area contributed by atoms with Crippen molar-refractivity contribution >= 4 is 11.6 Å². The summed E-state index contributed by atoms with van der Waals surface area (Å²) in [5.74, 6) is -1.21. The van der Waals surface area contributed by atoms with Crippen LogP contribution in [-0.2, 0) is 9.47 Å². The van der Waals surface area contributed by atoms with Crippen LogP contribution in [0, 0.1) is 0 Å². The van der Waals surface area contributed by atoms with E-state index in [2.05, 4.69) is 0 Å². The van der Waals surface area contributed by atoms with Crippen LogP contribution in [0.2, 0.25) is 0 Å². The molecule has 1 heterocycles. The lowest BCUT2D eigenvalue weighted by atomic mass is 9.86. The summed E-state index contributed by atoms with van der Waals surface area (Å²) in [5, 5.41) is 39.4. The predicted octanol–water partition coefficient (Wildman–Crippen LogP) is 0.492. The number of aliphatic hydroxyl groups excluding tert-OH is 4. The number of hydrogen-bond donors (Lipinski definition) is 4. The number of carbonyl (C=O) groups excluding carboxylic acids is 2. The zero-order valence-electron chi connectivity index (χ0n) is 16.1. The van der Waals surface area contributed by atoms with Crippen molar-refractivity contribution in [3.8, 4) is 0 Å². The van der Waals surface area contributed by atoms with Crippen LogP contribution in [0.3, 0.4) is 0 Å². The maximum atomic E-state index is 13.0. The molecule has 1 saturated heterocycles. The van der Waals surface area contributed by atoms with E-state index in [0.29, 0.717) is 0 Å². The van der Waals surface area contributed by atoms with E-state index in [-0.39, 0.29) is 34.7 Å². The first-order chi connectivity index (χ1) is 13.8. The van der Waals surface area contributed by atoms with Crippen molar-refractivity contribution in [3.63, 3.8) is 0 Å². The largest absolute Gasteiger partial charge is 0.457 e. The number of fused-ring (bicyclic) bond motifs is 1. The first kappa shape index (κ1) is 21.4. The molecule has 29 heavy (non-hydrogen) atoms. The number of benzene rings is 1. The number of rotatable bonds is 5. The molecule has 1 aliphatic heterocycles. The Labute approximate surface area is 167 Å². The van der Waals surface area contributed by atoms with Gasteiger partial charge in [0, 0.05) is 11.1 Å². The lowest BCUT2D eigenvalue weighted by molar-refractivity contribution is -0.290. The lowest BCUT2D eigenvalue weighted by Gasteiger charge is -2.40. The molecule has 8 heteroatoms. The molecule has 1 aromatic carbocycles. The predicted molar refractivity (Wildman–Crippen MR) is 101 cm³/mol. The molecule has 0 bridgehead atoms. The van der Waals surface area contributed by atoms with Crippen molar-refractivity contribution < 1.29 is 39.5 Å². The Bertz CT molecular complexity index is 865. The van der Waals surface area contributed by atoms with Gasteiger partial charge in [-0.1, -0.05) is 35.9 Å². The molecule has 0 saturated carbocycles. The van der Waals surface area contributed by atoms with Crippen LogP contribution >= 0.6 is 0 Å². The van der Waals surface area contributed by atoms with E-state index < -0.39 is 43.1 Å². The maximum Gasteiger partial charge on any atom is 0.229 e. The van der Waals surface area contributed by atoms with Gasteiger partial charge in [0.25, 0.3) is 0 Å². The molecule has 8 nitrogen and oxygen atoms in total. The molecule has 0 amide bonds. The number of allylic oxidation sites excluding steroid dienone is 4. The number of aliphatic hydroxyl groups is 4. The van der Waals surface area contributed by atoms with Gasteiger partial charge >= 0.3 is 0 Å². The smallest absolute Gasteiger partial charge is 0.229 e. The van der Waals surface area contributed by atoms with Gasteiger partial charge in [0.15, 0.2) is 11.5 Å². The lowest BCUT2D eigenvalue weighted by Crippen LogP contribution is -2.59. The molecule has 0 unspecified atom stereocenters. The minimum Gasteiger partial charge on any atom is -0.457 e. The van der Waals surface area contributed by atoms with E-state index in [0.717, 1.165) is 5.57 Å². The van der Waals surface area contributed by atoms with Crippen LogP contribution in [0.4, 0.5) is 0 Å². The topological polar surface area (TPSA) is 134 Å². The van der Waals surface area contributed by atoms with Gasteiger partial charge in [-0.2, -0.15) is 0 Å². The van der Waals surface area contributed by atoms with E-state index in [1.165, 1.54) is 6.07 Å². The summed E-state index contributed by atoms with van der Waals surface area (Å²) in [6.45, 7) is 3.06. The molecule has 1 fully saturated rings. The summed E-state index contributed by atoms with van der Waals surface area (Å²) in [5.41, 5.74) is 1.46. The van der Waals surface area contributed by atoms with Gasteiger partial charge in [0.05, 0.1) is 12.2 Å². The van der Waals surface area contributed by atoms with Crippen LogP contribution in [0.15, 0.2) is 47.2 Å². The van der Waals surface area contributed by atoms with Gasteiger partial charge in [-0.3, -0.25) is 9.59 Å². The molecule has 1 aliphatic carbocycles. The molecule has 2 aliphatic rings. The summed E-state index contributed by atoms with van der Waals surface area (Å²) < 4.78 is 10.9. The van der Waals surface area contributed by atoms with Crippen molar-refractivity contribution in [2.24, 2.45) is 0 Å². The summed E-state index contributed by atoms with van der Waals surface area (Å²) in [4.78, 5) is 26.0. The molecular formula is C21H24O8. The third-order valence-electron chi connectivity index (χ3n) is 4.97. The Hall–Kier alpha value is -2.36. The van der Waals surface area contributed by atoms with Crippen molar-refractivity contribution in [1.29, 1.82) is 0 Å². The van der Waals surface area contributed by atoms with E-state index >= 15 is 0 Å². The Morgan fingerprint density at radius 3 is 2.24 bits per heavy atom. The first-order valence-electron chi connectivity index (χ1n) is 9.28. The quantitative estimate of drug-likeness (QED) is 0.521.